The summed E-state index contributed by atoms with van der Waals surface area (Å²) in [7, 11) is 2.14. The Morgan fingerprint density at radius 2 is 2.14 bits per heavy atom. The van der Waals surface area contributed by atoms with E-state index in [0.29, 0.717) is 12.0 Å². The van der Waals surface area contributed by atoms with Crippen molar-refractivity contribution in [2.24, 2.45) is 5.73 Å². The van der Waals surface area contributed by atoms with Crippen molar-refractivity contribution in [3.8, 4) is 11.8 Å². The molecule has 0 radical (unpaired) electrons. The first-order valence-electron chi connectivity index (χ1n) is 9.62. The van der Waals surface area contributed by atoms with E-state index in [4.69, 9.17) is 5.73 Å². The number of aryl methyl sites for hydroxylation is 2. The van der Waals surface area contributed by atoms with Gasteiger partial charge in [0.25, 0.3) is 5.91 Å². The van der Waals surface area contributed by atoms with Gasteiger partial charge in [-0.05, 0) is 63.1 Å². The summed E-state index contributed by atoms with van der Waals surface area (Å²) in [5.74, 6) is 4.12. The number of hydrogen-bond acceptors (Lipinski definition) is 4. The Bertz CT molecular complexity index is 991. The zero-order chi connectivity index (χ0) is 20.1. The van der Waals surface area contributed by atoms with Gasteiger partial charge in [0.05, 0.1) is 5.52 Å². The summed E-state index contributed by atoms with van der Waals surface area (Å²) < 4.78 is 0. The van der Waals surface area contributed by atoms with Crippen LogP contribution in [0.4, 0.5) is 0 Å². The van der Waals surface area contributed by atoms with Crippen LogP contribution in [-0.2, 0) is 17.6 Å². The number of hydrogen-bond donors (Lipinski definition) is 2. The molecule has 0 unspecified atom stereocenters. The fraction of sp³-hybridized carbons (Fsp3) is 0.409. The maximum absolute atomic E-state index is 11.8. The largest absolute Gasteiger partial charge is 0.364 e. The number of likely N-dealkylation sites (N-methyl/N-ethyl adjacent to an activating group) is 1. The predicted molar refractivity (Wildman–Crippen MR) is 111 cm³/mol. The highest BCUT2D eigenvalue weighted by Gasteiger charge is 2.24. The quantitative estimate of drug-likeness (QED) is 0.620. The Labute approximate surface area is 165 Å². The van der Waals surface area contributed by atoms with Gasteiger partial charge in [0.2, 0.25) is 0 Å². The number of carbonyl (C=O) groups is 2. The van der Waals surface area contributed by atoms with Crippen molar-refractivity contribution >= 4 is 28.7 Å². The van der Waals surface area contributed by atoms with E-state index in [-0.39, 0.29) is 0 Å². The number of nitrogens with zero attached hydrogens (tertiary/aromatic N) is 2. The Hall–Kier alpha value is -2.91. The van der Waals surface area contributed by atoms with Gasteiger partial charge < -0.3 is 15.6 Å². The van der Waals surface area contributed by atoms with Crippen molar-refractivity contribution in [3.05, 3.63) is 34.8 Å². The number of carbonyl (C=O) groups excluding carboxylic acids is 2. The molecule has 1 aliphatic heterocycles. The number of aromatic amines is 1. The molecule has 3 heterocycles. The van der Waals surface area contributed by atoms with Crippen LogP contribution in [0.3, 0.4) is 0 Å². The normalized spacial score (nSPS) is 16.1. The lowest BCUT2D eigenvalue weighted by molar-refractivity contribution is -0.103. The van der Waals surface area contributed by atoms with E-state index in [9.17, 15) is 9.59 Å². The third kappa shape index (κ3) is 4.00. The van der Waals surface area contributed by atoms with E-state index in [1.54, 1.807) is 6.92 Å². The molecule has 3 N–H and O–H groups in total. The SMILES string of the molecule is CC#CC=O.CN1CCC=C(c2cnc(C(N)=O)c3[nH]c4c(c23)CCCC4)C1. The standard InChI is InChI=1S/C18H22N4O.C4H4O/c1-22-8-4-5-11(10-22)13-9-20-17(18(19)23)16-15(13)12-6-2-3-7-14(12)21-16;1-2-3-4-5/h5,9,21H,2-4,6-8,10H2,1H3,(H2,19,23);4H,1H3. The summed E-state index contributed by atoms with van der Waals surface area (Å²) in [5, 5.41) is 1.17. The number of nitrogens with one attached hydrogen (secondary N) is 1. The van der Waals surface area contributed by atoms with E-state index in [0.717, 1.165) is 43.4 Å². The Morgan fingerprint density at radius 1 is 1.36 bits per heavy atom. The van der Waals surface area contributed by atoms with E-state index in [1.165, 1.54) is 35.1 Å². The average Bonchev–Trinajstić information content (AvgIpc) is 3.08. The molecule has 6 heteroatoms. The minimum absolute atomic E-state index is 0.364. The molecule has 0 spiro atoms. The highest BCUT2D eigenvalue weighted by Crippen LogP contribution is 2.36. The van der Waals surface area contributed by atoms with E-state index in [2.05, 4.69) is 39.8 Å². The molecule has 1 amide bonds. The predicted octanol–water partition coefficient (Wildman–Crippen LogP) is 2.47. The molecule has 0 aromatic carbocycles. The zero-order valence-corrected chi connectivity index (χ0v) is 16.5. The molecule has 1 aliphatic carbocycles. The summed E-state index contributed by atoms with van der Waals surface area (Å²) in [4.78, 5) is 31.2. The number of aromatic nitrogens is 2. The molecule has 0 saturated carbocycles. The van der Waals surface area contributed by atoms with Gasteiger partial charge in [-0.1, -0.05) is 12.0 Å². The third-order valence-corrected chi connectivity index (χ3v) is 5.25. The second-order valence-corrected chi connectivity index (χ2v) is 7.19. The van der Waals surface area contributed by atoms with Crippen LogP contribution in [0.2, 0.25) is 0 Å². The molecular weight excluding hydrogens is 352 g/mol. The van der Waals surface area contributed by atoms with Crippen LogP contribution in [-0.4, -0.2) is 47.2 Å². The molecule has 6 nitrogen and oxygen atoms in total. The maximum Gasteiger partial charge on any atom is 0.269 e. The molecule has 146 valence electrons. The number of rotatable bonds is 2. The lowest BCUT2D eigenvalue weighted by atomic mass is 9.91. The second kappa shape index (κ2) is 8.85. The smallest absolute Gasteiger partial charge is 0.269 e. The van der Waals surface area contributed by atoms with Crippen LogP contribution in [0.5, 0.6) is 0 Å². The number of pyridine rings is 1. The Kier molecular flexibility index (Phi) is 6.27. The van der Waals surface area contributed by atoms with Gasteiger partial charge in [-0.15, -0.1) is 0 Å². The summed E-state index contributed by atoms with van der Waals surface area (Å²) in [5.41, 5.74) is 11.8. The molecule has 2 aromatic rings. The number of H-pyrrole nitrogens is 1. The lowest BCUT2D eigenvalue weighted by Gasteiger charge is -2.24. The minimum Gasteiger partial charge on any atom is -0.364 e. The van der Waals surface area contributed by atoms with E-state index >= 15 is 0 Å². The number of fused-ring (bicyclic) bond motifs is 3. The minimum atomic E-state index is -0.463. The number of nitrogens with two attached hydrogens (primary N) is 1. The summed E-state index contributed by atoms with van der Waals surface area (Å²) in [6.45, 7) is 3.63. The van der Waals surface area contributed by atoms with Gasteiger partial charge in [0, 0.05) is 35.9 Å². The van der Waals surface area contributed by atoms with Crippen LogP contribution < -0.4 is 5.73 Å². The highest BCUT2D eigenvalue weighted by atomic mass is 16.1. The number of aldehydes is 1. The molecule has 0 saturated heterocycles. The molecule has 2 aromatic heterocycles. The first-order valence-corrected chi connectivity index (χ1v) is 9.62. The van der Waals surface area contributed by atoms with Gasteiger partial charge in [0.15, 0.2) is 12.0 Å². The van der Waals surface area contributed by atoms with Crippen molar-refractivity contribution in [3.63, 3.8) is 0 Å². The lowest BCUT2D eigenvalue weighted by Crippen LogP contribution is -2.25. The van der Waals surface area contributed by atoms with Crippen molar-refractivity contribution in [1.29, 1.82) is 0 Å². The number of primary amides is 1. The molecule has 2 aliphatic rings. The fourth-order valence-corrected chi connectivity index (χ4v) is 3.99. The van der Waals surface area contributed by atoms with Crippen LogP contribution in [0.1, 0.15) is 53.5 Å². The molecular formula is C22H26N4O2. The van der Waals surface area contributed by atoms with Crippen molar-refractivity contribution in [1.82, 2.24) is 14.9 Å². The van der Waals surface area contributed by atoms with Crippen molar-refractivity contribution < 1.29 is 9.59 Å². The monoisotopic (exact) mass is 378 g/mol. The Morgan fingerprint density at radius 3 is 2.79 bits per heavy atom. The van der Waals surface area contributed by atoms with Gasteiger partial charge in [-0.3, -0.25) is 9.59 Å². The van der Waals surface area contributed by atoms with E-state index < -0.39 is 5.91 Å². The van der Waals surface area contributed by atoms with Crippen LogP contribution >= 0.6 is 0 Å². The molecule has 28 heavy (non-hydrogen) atoms. The van der Waals surface area contributed by atoms with Crippen LogP contribution in [0.25, 0.3) is 16.5 Å². The average molecular weight is 378 g/mol. The first kappa shape index (κ1) is 19.8. The summed E-state index contributed by atoms with van der Waals surface area (Å²) >= 11 is 0. The van der Waals surface area contributed by atoms with Gasteiger partial charge in [-0.25, -0.2) is 4.98 Å². The van der Waals surface area contributed by atoms with E-state index in [1.807, 2.05) is 6.20 Å². The summed E-state index contributed by atoms with van der Waals surface area (Å²) in [6, 6.07) is 0. The molecule has 0 fully saturated rings. The maximum atomic E-state index is 11.8. The second-order valence-electron chi connectivity index (χ2n) is 7.19. The van der Waals surface area contributed by atoms with Crippen LogP contribution in [0.15, 0.2) is 12.3 Å². The molecule has 0 bridgehead atoms. The van der Waals surface area contributed by atoms with Gasteiger partial charge in [0.1, 0.15) is 0 Å². The van der Waals surface area contributed by atoms with Gasteiger partial charge >= 0.3 is 0 Å². The fourth-order valence-electron chi connectivity index (χ4n) is 3.99. The summed E-state index contributed by atoms with van der Waals surface area (Å²) in [6.07, 6.45) is 10.3. The topological polar surface area (TPSA) is 92.1 Å². The third-order valence-electron chi connectivity index (χ3n) is 5.25. The molecule has 0 atom stereocenters. The van der Waals surface area contributed by atoms with Crippen LogP contribution in [0, 0.1) is 11.8 Å². The van der Waals surface area contributed by atoms with Gasteiger partial charge in [-0.2, -0.15) is 0 Å². The highest BCUT2D eigenvalue weighted by molar-refractivity contribution is 6.07. The Balaban J connectivity index is 0.000000403. The van der Waals surface area contributed by atoms with Crippen molar-refractivity contribution in [2.75, 3.05) is 20.1 Å². The van der Waals surface area contributed by atoms with Crippen molar-refractivity contribution in [2.45, 2.75) is 39.0 Å². The molecule has 4 rings (SSSR count). The number of amides is 1. The first-order chi connectivity index (χ1) is 13.6. The zero-order valence-electron chi connectivity index (χ0n) is 16.5.